The molecule has 0 aromatic heterocycles. The number of hydrogen-bond acceptors (Lipinski definition) is 3. The van der Waals surface area contributed by atoms with E-state index in [9.17, 15) is 8.42 Å². The molecule has 6 heteroatoms. The summed E-state index contributed by atoms with van der Waals surface area (Å²) in [5.74, 6) is 0. The smallest absolute Gasteiger partial charge is 0.200 e. The van der Waals surface area contributed by atoms with E-state index in [1.807, 2.05) is 0 Å². The van der Waals surface area contributed by atoms with E-state index >= 15 is 0 Å². The molecule has 0 bridgehead atoms. The third kappa shape index (κ3) is 3.56. The van der Waals surface area contributed by atoms with Crippen molar-refractivity contribution in [1.82, 2.24) is 4.83 Å². The number of hydrazone groups is 1. The van der Waals surface area contributed by atoms with Gasteiger partial charge < -0.3 is 0 Å². The summed E-state index contributed by atoms with van der Waals surface area (Å²) in [4.78, 5) is 2.29. The third-order valence-electron chi connectivity index (χ3n) is 2.34. The van der Waals surface area contributed by atoms with Gasteiger partial charge >= 0.3 is 0 Å². The van der Waals surface area contributed by atoms with Crippen molar-refractivity contribution >= 4 is 27.8 Å². The first-order valence-electron chi connectivity index (χ1n) is 5.44. The van der Waals surface area contributed by atoms with Crippen LogP contribution in [0.4, 0.5) is 0 Å². The van der Waals surface area contributed by atoms with Gasteiger partial charge in [0.1, 0.15) is 0 Å². The lowest BCUT2D eigenvalue weighted by Gasteiger charge is -2.02. The average molecular weight is 295 g/mol. The molecule has 98 valence electrons. The Morgan fingerprint density at radius 3 is 2.32 bits per heavy atom. The van der Waals surface area contributed by atoms with Crippen LogP contribution in [0.15, 0.2) is 64.6 Å². The van der Waals surface area contributed by atoms with E-state index in [-0.39, 0.29) is 4.90 Å². The fourth-order valence-electron chi connectivity index (χ4n) is 1.40. The van der Waals surface area contributed by atoms with Gasteiger partial charge in [0.15, 0.2) is 0 Å². The molecule has 2 aromatic rings. The zero-order valence-electron chi connectivity index (χ0n) is 9.82. The molecule has 0 radical (unpaired) electrons. The van der Waals surface area contributed by atoms with Crippen molar-refractivity contribution in [2.24, 2.45) is 5.10 Å². The molecule has 0 aliphatic rings. The number of hydrogen-bond donors (Lipinski definition) is 1. The molecule has 0 heterocycles. The van der Waals surface area contributed by atoms with Crippen molar-refractivity contribution in [1.29, 1.82) is 0 Å². The Kier molecular flexibility index (Phi) is 4.19. The molecule has 0 spiro atoms. The lowest BCUT2D eigenvalue weighted by atomic mass is 10.2. The standard InChI is InChI=1S/C13H11ClN2O2S/c14-13-9-5-4-6-11(13)10-15-16-19(17,18)12-7-2-1-3-8-12/h1-10,16H. The number of nitrogens with zero attached hydrogens (tertiary/aromatic N) is 1. The lowest BCUT2D eigenvalue weighted by Crippen LogP contribution is -2.18. The Balaban J connectivity index is 2.13. The van der Waals surface area contributed by atoms with Crippen LogP contribution in [0.25, 0.3) is 0 Å². The zero-order valence-corrected chi connectivity index (χ0v) is 11.4. The molecular weight excluding hydrogens is 284 g/mol. The van der Waals surface area contributed by atoms with Gasteiger partial charge in [-0.15, -0.1) is 0 Å². The molecule has 1 N–H and O–H groups in total. The van der Waals surface area contributed by atoms with E-state index in [1.165, 1.54) is 18.3 Å². The largest absolute Gasteiger partial charge is 0.276 e. The molecule has 0 atom stereocenters. The molecule has 19 heavy (non-hydrogen) atoms. The van der Waals surface area contributed by atoms with Crippen LogP contribution in [-0.2, 0) is 10.0 Å². The van der Waals surface area contributed by atoms with Gasteiger partial charge in [-0.1, -0.05) is 48.0 Å². The summed E-state index contributed by atoms with van der Waals surface area (Å²) >= 11 is 5.92. The number of nitrogens with one attached hydrogen (secondary N) is 1. The Hall–Kier alpha value is -1.85. The van der Waals surface area contributed by atoms with Gasteiger partial charge in [0.25, 0.3) is 10.0 Å². The van der Waals surface area contributed by atoms with Crippen LogP contribution in [-0.4, -0.2) is 14.6 Å². The first kappa shape index (κ1) is 13.6. The minimum absolute atomic E-state index is 0.159. The third-order valence-corrected chi connectivity index (χ3v) is 3.92. The van der Waals surface area contributed by atoms with Crippen LogP contribution < -0.4 is 4.83 Å². The maximum absolute atomic E-state index is 11.8. The molecule has 0 aliphatic carbocycles. The molecule has 0 unspecified atom stereocenters. The Morgan fingerprint density at radius 2 is 1.63 bits per heavy atom. The van der Waals surface area contributed by atoms with Gasteiger partial charge in [-0.3, -0.25) is 0 Å². The first-order chi connectivity index (χ1) is 9.09. The molecular formula is C13H11ClN2O2S. The highest BCUT2D eigenvalue weighted by molar-refractivity contribution is 7.89. The summed E-state index contributed by atoms with van der Waals surface area (Å²) in [6.45, 7) is 0. The summed E-state index contributed by atoms with van der Waals surface area (Å²) in [5, 5.41) is 4.21. The van der Waals surface area contributed by atoms with Crippen LogP contribution in [0.2, 0.25) is 5.02 Å². The number of halogens is 1. The van der Waals surface area contributed by atoms with E-state index in [4.69, 9.17) is 11.6 Å². The predicted molar refractivity (Wildman–Crippen MR) is 75.8 cm³/mol. The topological polar surface area (TPSA) is 58.5 Å². The minimum atomic E-state index is -3.63. The number of rotatable bonds is 4. The van der Waals surface area contributed by atoms with E-state index < -0.39 is 10.0 Å². The first-order valence-corrected chi connectivity index (χ1v) is 7.30. The van der Waals surface area contributed by atoms with Crippen molar-refractivity contribution < 1.29 is 8.42 Å². The molecule has 0 fully saturated rings. The summed E-state index contributed by atoms with van der Waals surface area (Å²) in [6.07, 6.45) is 1.36. The fraction of sp³-hybridized carbons (Fsp3) is 0. The second-order valence-corrected chi connectivity index (χ2v) is 5.76. The van der Waals surface area contributed by atoms with Crippen molar-refractivity contribution in [3.63, 3.8) is 0 Å². The second kappa shape index (κ2) is 5.86. The van der Waals surface area contributed by atoms with E-state index in [1.54, 1.807) is 42.5 Å². The lowest BCUT2D eigenvalue weighted by molar-refractivity contribution is 0.584. The fourth-order valence-corrected chi connectivity index (χ4v) is 2.39. The summed E-state index contributed by atoms with van der Waals surface area (Å²) in [5.41, 5.74) is 0.639. The van der Waals surface area contributed by atoms with Gasteiger partial charge in [0.05, 0.1) is 11.1 Å². The summed E-state index contributed by atoms with van der Waals surface area (Å²) in [6, 6.07) is 15.0. The molecule has 2 rings (SSSR count). The van der Waals surface area contributed by atoms with Crippen LogP contribution >= 0.6 is 11.6 Å². The van der Waals surface area contributed by atoms with Crippen molar-refractivity contribution in [2.45, 2.75) is 4.90 Å². The quantitative estimate of drug-likeness (QED) is 0.696. The summed E-state index contributed by atoms with van der Waals surface area (Å²) < 4.78 is 23.7. The van der Waals surface area contributed by atoms with E-state index in [0.29, 0.717) is 10.6 Å². The predicted octanol–water partition coefficient (Wildman–Crippen LogP) is 2.65. The SMILES string of the molecule is O=S(=O)(NN=Cc1ccccc1Cl)c1ccccc1. The molecule has 0 amide bonds. The number of benzene rings is 2. The van der Waals surface area contributed by atoms with Crippen molar-refractivity contribution in [2.75, 3.05) is 0 Å². The molecule has 4 nitrogen and oxygen atoms in total. The van der Waals surface area contributed by atoms with Crippen molar-refractivity contribution in [3.05, 3.63) is 65.2 Å². The number of sulfonamides is 1. The van der Waals surface area contributed by atoms with E-state index in [2.05, 4.69) is 9.93 Å². The monoisotopic (exact) mass is 294 g/mol. The highest BCUT2D eigenvalue weighted by Gasteiger charge is 2.10. The normalized spacial score (nSPS) is 11.6. The maximum atomic E-state index is 11.8. The van der Waals surface area contributed by atoms with Gasteiger partial charge in [0.2, 0.25) is 0 Å². The van der Waals surface area contributed by atoms with Gasteiger partial charge in [-0.2, -0.15) is 13.5 Å². The van der Waals surface area contributed by atoms with Gasteiger partial charge in [-0.25, -0.2) is 4.83 Å². The second-order valence-electron chi connectivity index (χ2n) is 3.69. The van der Waals surface area contributed by atoms with Gasteiger partial charge in [-0.05, 0) is 18.2 Å². The molecule has 0 aliphatic heterocycles. The minimum Gasteiger partial charge on any atom is -0.200 e. The Bertz CT molecular complexity index is 685. The maximum Gasteiger partial charge on any atom is 0.276 e. The summed E-state index contributed by atoms with van der Waals surface area (Å²) in [7, 11) is -3.63. The highest BCUT2D eigenvalue weighted by atomic mass is 35.5. The highest BCUT2D eigenvalue weighted by Crippen LogP contribution is 2.12. The van der Waals surface area contributed by atoms with Crippen LogP contribution in [0.3, 0.4) is 0 Å². The Labute approximate surface area is 116 Å². The van der Waals surface area contributed by atoms with Gasteiger partial charge in [0, 0.05) is 10.6 Å². The van der Waals surface area contributed by atoms with Crippen LogP contribution in [0.5, 0.6) is 0 Å². The van der Waals surface area contributed by atoms with Crippen LogP contribution in [0, 0.1) is 0 Å². The molecule has 0 saturated carbocycles. The zero-order chi connectivity index (χ0) is 13.7. The average Bonchev–Trinajstić information content (AvgIpc) is 2.42. The van der Waals surface area contributed by atoms with E-state index in [0.717, 1.165) is 0 Å². The van der Waals surface area contributed by atoms with Crippen LogP contribution in [0.1, 0.15) is 5.56 Å². The molecule has 2 aromatic carbocycles. The molecule has 0 saturated heterocycles. The van der Waals surface area contributed by atoms with Crippen molar-refractivity contribution in [3.8, 4) is 0 Å². The Morgan fingerprint density at radius 1 is 1.00 bits per heavy atom.